The molecule has 186 valence electrons. The molecule has 0 heterocycles. The van der Waals surface area contributed by atoms with E-state index in [1.165, 1.54) is 0 Å². The summed E-state index contributed by atoms with van der Waals surface area (Å²) in [5.74, 6) is -1.28. The Morgan fingerprint density at radius 1 is 1.12 bits per heavy atom. The van der Waals surface area contributed by atoms with E-state index in [4.69, 9.17) is 9.47 Å². The van der Waals surface area contributed by atoms with E-state index in [0.29, 0.717) is 19.3 Å². The van der Waals surface area contributed by atoms with Gasteiger partial charge in [0, 0.05) is 29.6 Å². The van der Waals surface area contributed by atoms with Gasteiger partial charge in [0.05, 0.1) is 6.10 Å². The predicted molar refractivity (Wildman–Crippen MR) is 123 cm³/mol. The highest BCUT2D eigenvalue weighted by Gasteiger charge is 2.70. The molecule has 7 heteroatoms. The summed E-state index contributed by atoms with van der Waals surface area (Å²) < 4.78 is 11.1. The van der Waals surface area contributed by atoms with Gasteiger partial charge in [0.15, 0.2) is 18.0 Å². The van der Waals surface area contributed by atoms with E-state index >= 15 is 0 Å². The van der Waals surface area contributed by atoms with Crippen molar-refractivity contribution >= 4 is 23.5 Å². The van der Waals surface area contributed by atoms with Crippen molar-refractivity contribution in [1.82, 2.24) is 0 Å². The average molecular weight is 473 g/mol. The lowest BCUT2D eigenvalue weighted by atomic mass is 9.46. The molecule has 0 saturated heterocycles. The van der Waals surface area contributed by atoms with E-state index in [1.54, 1.807) is 26.0 Å². The molecule has 1 N–H and O–H groups in total. The van der Waals surface area contributed by atoms with Crippen LogP contribution in [-0.2, 0) is 28.7 Å². The topological polar surface area (TPSA) is 107 Å². The summed E-state index contributed by atoms with van der Waals surface area (Å²) in [6, 6.07) is 0. The number of aliphatic hydroxyl groups excluding tert-OH is 1. The predicted octanol–water partition coefficient (Wildman–Crippen LogP) is 3.48. The minimum Gasteiger partial charge on any atom is -0.457 e. The SMILES string of the molecule is CCC(=O)OCC(=O)[C@@]1(OC(=O)CC)CCC2C3CCC4=CC(=O)C=C[C@]4(C)[C@H]3[C@@H](O)C[C@@]21C. The van der Waals surface area contributed by atoms with Crippen LogP contribution in [0.1, 0.15) is 72.6 Å². The molecule has 0 aliphatic heterocycles. The number of Topliss-reactive ketones (excluding diaryl/α,β-unsaturated/α-hetero) is 1. The Labute approximate surface area is 200 Å². The fourth-order valence-corrected chi connectivity index (χ4v) is 7.63. The van der Waals surface area contributed by atoms with Gasteiger partial charge < -0.3 is 14.6 Å². The Balaban J connectivity index is 1.71. The highest BCUT2D eigenvalue weighted by Crippen LogP contribution is 2.67. The number of hydrogen-bond acceptors (Lipinski definition) is 7. The van der Waals surface area contributed by atoms with Gasteiger partial charge in [-0.3, -0.25) is 19.2 Å². The summed E-state index contributed by atoms with van der Waals surface area (Å²) in [5, 5.41) is 11.6. The zero-order chi connectivity index (χ0) is 24.9. The molecular formula is C27H36O7. The Hall–Kier alpha value is -2.28. The Bertz CT molecular complexity index is 964. The lowest BCUT2D eigenvalue weighted by Gasteiger charge is -2.59. The van der Waals surface area contributed by atoms with Gasteiger partial charge in [-0.25, -0.2) is 0 Å². The summed E-state index contributed by atoms with van der Waals surface area (Å²) in [6.45, 7) is 6.96. The van der Waals surface area contributed by atoms with Crippen LogP contribution in [0.15, 0.2) is 23.8 Å². The molecule has 0 bridgehead atoms. The molecule has 2 unspecified atom stereocenters. The van der Waals surface area contributed by atoms with Gasteiger partial charge in [0.2, 0.25) is 5.78 Å². The highest BCUT2D eigenvalue weighted by atomic mass is 16.6. The smallest absolute Gasteiger partial charge is 0.306 e. The van der Waals surface area contributed by atoms with Crippen molar-refractivity contribution in [3.8, 4) is 0 Å². The van der Waals surface area contributed by atoms with Gasteiger partial charge in [0.25, 0.3) is 0 Å². The monoisotopic (exact) mass is 472 g/mol. The van der Waals surface area contributed by atoms with Gasteiger partial charge >= 0.3 is 11.9 Å². The number of allylic oxidation sites excluding steroid dienone is 4. The van der Waals surface area contributed by atoms with E-state index in [-0.39, 0.29) is 36.4 Å². The number of fused-ring (bicyclic) bond motifs is 5. The van der Waals surface area contributed by atoms with Gasteiger partial charge in [-0.2, -0.15) is 0 Å². The molecule has 3 saturated carbocycles. The summed E-state index contributed by atoms with van der Waals surface area (Å²) in [7, 11) is 0. The summed E-state index contributed by atoms with van der Waals surface area (Å²) in [5.41, 5.74) is -1.56. The van der Waals surface area contributed by atoms with Crippen molar-refractivity contribution < 1.29 is 33.8 Å². The van der Waals surface area contributed by atoms with Gasteiger partial charge in [-0.05, 0) is 56.1 Å². The minimum atomic E-state index is -1.43. The molecule has 34 heavy (non-hydrogen) atoms. The first-order valence-corrected chi connectivity index (χ1v) is 12.6. The number of ketones is 2. The quantitative estimate of drug-likeness (QED) is 0.590. The molecule has 3 fully saturated rings. The number of esters is 2. The standard InChI is InChI=1S/C27H36O7/c1-5-22(31)33-15-21(30)27(34-23(32)6-2)12-10-19-18-8-7-16-13-17(28)9-11-25(16,3)24(18)20(29)14-26(19,27)4/h9,11,13,18-20,24,29H,5-8,10,12,14-15H2,1-4H3/t18?,19?,20-,24+,25-,26-,27-/m0/s1. The Kier molecular flexibility index (Phi) is 6.38. The molecule has 4 aliphatic rings. The molecule has 4 rings (SSSR count). The normalized spacial score (nSPS) is 40.5. The molecule has 0 aromatic carbocycles. The number of hydrogen-bond donors (Lipinski definition) is 1. The maximum Gasteiger partial charge on any atom is 0.306 e. The third-order valence-electron chi connectivity index (χ3n) is 9.30. The minimum absolute atomic E-state index is 0.0142. The number of carbonyl (C=O) groups excluding carboxylic acids is 4. The Morgan fingerprint density at radius 3 is 2.50 bits per heavy atom. The zero-order valence-corrected chi connectivity index (χ0v) is 20.6. The Morgan fingerprint density at radius 2 is 1.82 bits per heavy atom. The van der Waals surface area contributed by atoms with E-state index in [1.807, 2.05) is 13.0 Å². The van der Waals surface area contributed by atoms with Crippen LogP contribution in [0.5, 0.6) is 0 Å². The molecule has 0 aromatic rings. The van der Waals surface area contributed by atoms with E-state index < -0.39 is 46.9 Å². The first-order valence-electron chi connectivity index (χ1n) is 12.6. The first-order chi connectivity index (χ1) is 16.0. The second kappa shape index (κ2) is 8.74. The lowest BCUT2D eigenvalue weighted by Crippen LogP contribution is -2.63. The van der Waals surface area contributed by atoms with Crippen LogP contribution in [0, 0.1) is 28.6 Å². The fourth-order valence-electron chi connectivity index (χ4n) is 7.63. The fraction of sp³-hybridized carbons (Fsp3) is 0.704. The number of carbonyl (C=O) groups is 4. The van der Waals surface area contributed by atoms with Crippen molar-refractivity contribution in [2.45, 2.75) is 84.3 Å². The van der Waals surface area contributed by atoms with E-state index in [2.05, 4.69) is 6.92 Å². The molecular weight excluding hydrogens is 436 g/mol. The number of aliphatic hydroxyl groups is 1. The maximum atomic E-state index is 13.6. The van der Waals surface area contributed by atoms with Crippen molar-refractivity contribution in [3.63, 3.8) is 0 Å². The van der Waals surface area contributed by atoms with Crippen molar-refractivity contribution in [2.24, 2.45) is 28.6 Å². The molecule has 0 aromatic heterocycles. The van der Waals surface area contributed by atoms with Crippen LogP contribution in [0.25, 0.3) is 0 Å². The van der Waals surface area contributed by atoms with Crippen LogP contribution in [0.2, 0.25) is 0 Å². The van der Waals surface area contributed by atoms with Crippen molar-refractivity contribution in [2.75, 3.05) is 6.61 Å². The first kappa shape index (κ1) is 24.8. The van der Waals surface area contributed by atoms with Crippen LogP contribution in [-0.4, -0.2) is 46.9 Å². The van der Waals surface area contributed by atoms with Crippen molar-refractivity contribution in [1.29, 1.82) is 0 Å². The van der Waals surface area contributed by atoms with E-state index in [9.17, 15) is 24.3 Å². The second-order valence-corrected chi connectivity index (χ2v) is 10.8. The van der Waals surface area contributed by atoms with E-state index in [0.717, 1.165) is 18.4 Å². The third-order valence-corrected chi connectivity index (χ3v) is 9.30. The molecule has 7 nitrogen and oxygen atoms in total. The summed E-state index contributed by atoms with van der Waals surface area (Å²) >= 11 is 0. The van der Waals surface area contributed by atoms with Gasteiger partial charge in [0.1, 0.15) is 0 Å². The zero-order valence-electron chi connectivity index (χ0n) is 20.6. The maximum absolute atomic E-state index is 13.6. The van der Waals surface area contributed by atoms with Crippen molar-refractivity contribution in [3.05, 3.63) is 23.8 Å². The van der Waals surface area contributed by atoms with Crippen LogP contribution < -0.4 is 0 Å². The van der Waals surface area contributed by atoms with Gasteiger partial charge in [-0.15, -0.1) is 0 Å². The highest BCUT2D eigenvalue weighted by molar-refractivity contribution is 6.01. The molecule has 0 spiro atoms. The van der Waals surface area contributed by atoms with Crippen LogP contribution in [0.4, 0.5) is 0 Å². The average Bonchev–Trinajstić information content (AvgIpc) is 3.09. The lowest BCUT2D eigenvalue weighted by molar-refractivity contribution is -0.201. The molecule has 0 amide bonds. The second-order valence-electron chi connectivity index (χ2n) is 10.8. The summed E-state index contributed by atoms with van der Waals surface area (Å²) in [4.78, 5) is 49.9. The summed E-state index contributed by atoms with van der Waals surface area (Å²) in [6.07, 6.45) is 7.71. The molecule has 7 atom stereocenters. The number of ether oxygens (including phenoxy) is 2. The largest absolute Gasteiger partial charge is 0.457 e. The molecule has 0 radical (unpaired) electrons. The molecule has 4 aliphatic carbocycles. The number of rotatable bonds is 6. The van der Waals surface area contributed by atoms with Crippen LogP contribution >= 0.6 is 0 Å². The third kappa shape index (κ3) is 3.58. The van der Waals surface area contributed by atoms with Gasteiger partial charge in [-0.1, -0.05) is 39.3 Å². The van der Waals surface area contributed by atoms with Crippen LogP contribution in [0.3, 0.4) is 0 Å².